The molecule has 0 saturated carbocycles. The van der Waals surface area contributed by atoms with Gasteiger partial charge in [0.15, 0.2) is 11.5 Å². The van der Waals surface area contributed by atoms with Gasteiger partial charge >= 0.3 is 0 Å². The molecule has 0 radical (unpaired) electrons. The quantitative estimate of drug-likeness (QED) is 0.159. The lowest BCUT2D eigenvalue weighted by Crippen LogP contribution is -2.27. The number of ether oxygens (including phenoxy) is 2. The number of ketones is 1. The molecule has 1 aliphatic heterocycles. The number of hydrogen-bond donors (Lipinski definition) is 0. The Kier molecular flexibility index (Phi) is 27.8. The zero-order chi connectivity index (χ0) is 32.3. The maximum atomic E-state index is 11.0. The van der Waals surface area contributed by atoms with E-state index in [1.165, 1.54) is 18.4 Å². The Morgan fingerprint density at radius 2 is 1.50 bits per heavy atom. The number of rotatable bonds is 18. The number of nitrogens with zero attached hydrogens (tertiary/aromatic N) is 2. The van der Waals surface area contributed by atoms with Gasteiger partial charge in [-0.3, -0.25) is 4.79 Å². The number of carbonyl (C=O) groups excluding carboxylic acids is 2. The van der Waals surface area contributed by atoms with Crippen LogP contribution in [0.1, 0.15) is 138 Å². The first kappa shape index (κ1) is 42.1. The molecule has 1 heterocycles. The van der Waals surface area contributed by atoms with Crippen LogP contribution >= 0.6 is 0 Å². The first-order valence-corrected chi connectivity index (χ1v) is 16.8. The lowest BCUT2D eigenvalue weighted by Gasteiger charge is -2.20. The second-order valence-electron chi connectivity index (χ2n) is 11.7. The van der Waals surface area contributed by atoms with Crippen LogP contribution in [0.25, 0.3) is 0 Å². The van der Waals surface area contributed by atoms with Gasteiger partial charge < -0.3 is 24.1 Å². The van der Waals surface area contributed by atoms with Crippen LogP contribution in [0.3, 0.4) is 0 Å². The Hall–Kier alpha value is -2.08. The van der Waals surface area contributed by atoms with E-state index in [1.807, 2.05) is 24.8 Å². The molecule has 1 aliphatic rings. The monoisotopic (exact) mass is 593 g/mol. The molecule has 2 unspecified atom stereocenters. The molecule has 0 bridgehead atoms. The van der Waals surface area contributed by atoms with Crippen molar-refractivity contribution in [3.8, 4) is 11.5 Å². The Morgan fingerprint density at radius 1 is 0.881 bits per heavy atom. The van der Waals surface area contributed by atoms with Crippen LogP contribution in [0.4, 0.5) is 0 Å². The first-order valence-electron chi connectivity index (χ1n) is 16.8. The van der Waals surface area contributed by atoms with Crippen molar-refractivity contribution in [2.24, 2.45) is 11.8 Å². The second-order valence-corrected chi connectivity index (χ2v) is 11.7. The summed E-state index contributed by atoms with van der Waals surface area (Å²) in [6.07, 6.45) is 12.1. The molecule has 1 amide bonds. The van der Waals surface area contributed by atoms with E-state index in [1.54, 1.807) is 6.92 Å². The Morgan fingerprint density at radius 3 is 2.00 bits per heavy atom. The van der Waals surface area contributed by atoms with E-state index in [9.17, 15) is 9.59 Å². The fourth-order valence-corrected chi connectivity index (χ4v) is 4.47. The Balaban J connectivity index is 0. The molecule has 0 spiro atoms. The van der Waals surface area contributed by atoms with Gasteiger partial charge in [-0.1, -0.05) is 87.1 Å². The van der Waals surface area contributed by atoms with E-state index in [0.717, 1.165) is 88.4 Å². The third-order valence-corrected chi connectivity index (χ3v) is 7.67. The largest absolute Gasteiger partial charge is 0.454 e. The van der Waals surface area contributed by atoms with Gasteiger partial charge in [0.1, 0.15) is 5.78 Å². The number of hydrogen-bond acceptors (Lipinski definition) is 5. The molecular formula is C36H68N2O4. The highest BCUT2D eigenvalue weighted by molar-refractivity contribution is 5.75. The molecule has 0 N–H and O–H groups in total. The number of Topliss-reactive ketones (excluding diaryl/α,β-unsaturated/α-hetero) is 1. The van der Waals surface area contributed by atoms with Crippen LogP contribution in [0, 0.1) is 11.8 Å². The lowest BCUT2D eigenvalue weighted by molar-refractivity contribution is -0.118. The van der Waals surface area contributed by atoms with Crippen molar-refractivity contribution in [3.63, 3.8) is 0 Å². The predicted molar refractivity (Wildman–Crippen MR) is 181 cm³/mol. The topological polar surface area (TPSA) is 59.1 Å². The van der Waals surface area contributed by atoms with Gasteiger partial charge in [0.05, 0.1) is 0 Å². The van der Waals surface area contributed by atoms with Crippen molar-refractivity contribution in [3.05, 3.63) is 23.8 Å². The lowest BCUT2D eigenvalue weighted by atomic mass is 9.85. The Bertz CT molecular complexity index is 780. The summed E-state index contributed by atoms with van der Waals surface area (Å²) in [6.45, 7) is 22.3. The molecule has 0 fully saturated rings. The maximum absolute atomic E-state index is 11.0. The van der Waals surface area contributed by atoms with Crippen LogP contribution in [0.2, 0.25) is 0 Å². The minimum atomic E-state index is 0.296. The summed E-state index contributed by atoms with van der Waals surface area (Å²) in [5.41, 5.74) is 1.33. The van der Waals surface area contributed by atoms with Gasteiger partial charge in [0.25, 0.3) is 0 Å². The highest BCUT2D eigenvalue weighted by Gasteiger charge is 2.19. The zero-order valence-electron chi connectivity index (χ0n) is 29.5. The fourth-order valence-electron chi connectivity index (χ4n) is 4.47. The van der Waals surface area contributed by atoms with E-state index in [4.69, 9.17) is 9.47 Å². The van der Waals surface area contributed by atoms with Crippen molar-refractivity contribution < 1.29 is 19.1 Å². The van der Waals surface area contributed by atoms with Crippen LogP contribution in [0.5, 0.6) is 11.5 Å². The molecule has 2 rings (SSSR count). The summed E-state index contributed by atoms with van der Waals surface area (Å²) >= 11 is 0. The Labute approximate surface area is 260 Å². The molecule has 0 aromatic heterocycles. The molecule has 6 heteroatoms. The van der Waals surface area contributed by atoms with Gasteiger partial charge in [0.2, 0.25) is 13.2 Å². The molecule has 1 aromatic carbocycles. The number of unbranched alkanes of at least 4 members (excludes halogenated alkanes) is 1. The summed E-state index contributed by atoms with van der Waals surface area (Å²) in [7, 11) is 4.11. The van der Waals surface area contributed by atoms with Crippen molar-refractivity contribution >= 4 is 12.2 Å². The third kappa shape index (κ3) is 21.6. The fraction of sp³-hybridized carbons (Fsp3) is 0.778. The number of fused-ring (bicyclic) bond motifs is 1. The predicted octanol–water partition coefficient (Wildman–Crippen LogP) is 9.36. The summed E-state index contributed by atoms with van der Waals surface area (Å²) in [5, 5.41) is 0. The van der Waals surface area contributed by atoms with Crippen molar-refractivity contribution in [2.75, 3.05) is 40.5 Å². The van der Waals surface area contributed by atoms with E-state index >= 15 is 0 Å². The summed E-state index contributed by atoms with van der Waals surface area (Å²) < 4.78 is 10.8. The molecule has 0 saturated heterocycles. The number of amides is 1. The molecule has 246 valence electrons. The van der Waals surface area contributed by atoms with Crippen LogP contribution < -0.4 is 9.47 Å². The minimum Gasteiger partial charge on any atom is -0.454 e. The van der Waals surface area contributed by atoms with Crippen molar-refractivity contribution in [2.45, 2.75) is 132 Å². The molecule has 2 atom stereocenters. The molecule has 1 aromatic rings. The summed E-state index contributed by atoms with van der Waals surface area (Å²) in [4.78, 5) is 25.6. The van der Waals surface area contributed by atoms with Crippen molar-refractivity contribution in [1.29, 1.82) is 0 Å². The van der Waals surface area contributed by atoms with Crippen molar-refractivity contribution in [1.82, 2.24) is 9.80 Å². The maximum Gasteiger partial charge on any atom is 0.231 e. The van der Waals surface area contributed by atoms with Gasteiger partial charge in [-0.25, -0.2) is 0 Å². The van der Waals surface area contributed by atoms with Crippen LogP contribution in [0.15, 0.2) is 18.2 Å². The van der Waals surface area contributed by atoms with Crippen LogP contribution in [-0.2, 0) is 9.59 Å². The standard InChI is InChI=1S/C18H26O3.C10H22N2O.C6H14.C2H6/c1-4-15(10-13(2)6-5-7-14(3)19)16-8-9-17-18(11-16)21-12-20-17;1-4-5-8-12(10-13)9-6-7-11(2)3;1-4-6(3)5-2;1-2/h8-9,11,13,15H,4-7,10,12H2,1-3H3;10H,4-9H2,1-3H3;6H,4-5H2,1-3H3;1-2H3. The van der Waals surface area contributed by atoms with E-state index in [-0.39, 0.29) is 0 Å². The van der Waals surface area contributed by atoms with E-state index in [2.05, 4.69) is 72.7 Å². The zero-order valence-corrected chi connectivity index (χ0v) is 29.5. The van der Waals surface area contributed by atoms with E-state index < -0.39 is 0 Å². The molecule has 42 heavy (non-hydrogen) atoms. The minimum absolute atomic E-state index is 0.296. The van der Waals surface area contributed by atoms with Gasteiger partial charge in [-0.05, 0) is 95.1 Å². The molecule has 0 aliphatic carbocycles. The summed E-state index contributed by atoms with van der Waals surface area (Å²) in [5.74, 6) is 4.14. The normalized spacial score (nSPS) is 12.7. The average Bonchev–Trinajstić information content (AvgIpc) is 3.46. The van der Waals surface area contributed by atoms with Gasteiger partial charge in [-0.15, -0.1) is 0 Å². The number of carbonyl (C=O) groups is 2. The molecule has 6 nitrogen and oxygen atoms in total. The van der Waals surface area contributed by atoms with E-state index in [0.29, 0.717) is 30.8 Å². The third-order valence-electron chi connectivity index (χ3n) is 7.67. The van der Waals surface area contributed by atoms with Gasteiger partial charge in [-0.2, -0.15) is 0 Å². The second kappa shape index (κ2) is 27.7. The SMILES string of the molecule is CC.CCC(C)CC.CCC(CC(C)CCCC(C)=O)c1ccc2c(c1)OCO2.CCCCN(C=O)CCCN(C)C. The smallest absolute Gasteiger partial charge is 0.231 e. The summed E-state index contributed by atoms with van der Waals surface area (Å²) in [6, 6.07) is 6.30. The molecular weight excluding hydrogens is 524 g/mol. The van der Waals surface area contributed by atoms with Crippen LogP contribution in [-0.4, -0.2) is 62.5 Å². The highest BCUT2D eigenvalue weighted by Crippen LogP contribution is 2.37. The average molecular weight is 593 g/mol. The number of benzene rings is 1. The highest BCUT2D eigenvalue weighted by atomic mass is 16.7. The van der Waals surface area contributed by atoms with Gasteiger partial charge in [0, 0.05) is 19.5 Å². The first-order chi connectivity index (χ1) is 20.1.